The van der Waals surface area contributed by atoms with Gasteiger partial charge in [-0.2, -0.15) is 0 Å². The van der Waals surface area contributed by atoms with Crippen molar-refractivity contribution in [1.82, 2.24) is 9.55 Å². The number of aromatic nitrogens is 2. The van der Waals surface area contributed by atoms with Crippen LogP contribution in [0.1, 0.15) is 34.6 Å². The quantitative estimate of drug-likeness (QED) is 0.712. The smallest absolute Gasteiger partial charge is 0.346 e. The Kier molecular flexibility index (Phi) is 4.39. The number of thiophene rings is 1. The normalized spacial score (nSPS) is 11.7. The number of aryl methyl sites for hydroxylation is 2. The number of carboxylic acid groups (broad SMARTS) is 2. The summed E-state index contributed by atoms with van der Waals surface area (Å²) < 4.78 is 1.13. The van der Waals surface area contributed by atoms with Gasteiger partial charge in [-0.15, -0.1) is 11.3 Å². The Hall–Kier alpha value is -3.00. The Morgan fingerprint density at radius 3 is 2.22 bits per heavy atom. The summed E-state index contributed by atoms with van der Waals surface area (Å²) in [5.41, 5.74) is -0.256. The van der Waals surface area contributed by atoms with Crippen molar-refractivity contribution in [1.29, 1.82) is 0 Å². The zero-order chi connectivity index (χ0) is 20.1. The van der Waals surface area contributed by atoms with Crippen LogP contribution in [-0.4, -0.2) is 31.7 Å². The van der Waals surface area contributed by atoms with Crippen molar-refractivity contribution < 1.29 is 19.8 Å². The molecule has 0 spiro atoms. The number of benzene rings is 1. The molecule has 7 nitrogen and oxygen atoms in total. The fraction of sp³-hybridized carbons (Fsp3) is 0.263. The van der Waals surface area contributed by atoms with Gasteiger partial charge in [0, 0.05) is 5.56 Å². The van der Waals surface area contributed by atoms with E-state index in [1.165, 1.54) is 20.8 Å². The summed E-state index contributed by atoms with van der Waals surface area (Å²) in [7, 11) is 0. The van der Waals surface area contributed by atoms with Gasteiger partial charge in [0.05, 0.1) is 5.39 Å². The minimum Gasteiger partial charge on any atom is -0.480 e. The number of fused-ring (bicyclic) bond motifs is 1. The Morgan fingerprint density at radius 1 is 1.11 bits per heavy atom. The molecule has 0 amide bonds. The highest BCUT2D eigenvalue weighted by atomic mass is 32.1. The lowest BCUT2D eigenvalue weighted by molar-refractivity contribution is -0.145. The number of hydrogen-bond acceptors (Lipinski definition) is 5. The molecular weight excluding hydrogens is 368 g/mol. The highest BCUT2D eigenvalue weighted by molar-refractivity contribution is 7.20. The van der Waals surface area contributed by atoms with E-state index in [1.807, 2.05) is 19.1 Å². The molecule has 140 valence electrons. The van der Waals surface area contributed by atoms with E-state index in [0.717, 1.165) is 21.5 Å². The molecule has 3 aromatic rings. The molecule has 0 saturated heterocycles. The Labute approximate surface area is 158 Å². The zero-order valence-electron chi connectivity index (χ0n) is 15.2. The van der Waals surface area contributed by atoms with Crippen molar-refractivity contribution >= 4 is 33.5 Å². The maximum Gasteiger partial charge on any atom is 0.346 e. The number of aliphatic carboxylic acids is 1. The van der Waals surface area contributed by atoms with E-state index in [4.69, 9.17) is 0 Å². The van der Waals surface area contributed by atoms with E-state index in [2.05, 4.69) is 4.98 Å². The number of nitrogens with zero attached hydrogens (tertiary/aromatic N) is 2. The minimum absolute atomic E-state index is 0.0235. The maximum atomic E-state index is 13.3. The molecule has 0 atom stereocenters. The van der Waals surface area contributed by atoms with Gasteiger partial charge in [0.1, 0.15) is 21.1 Å². The first kappa shape index (κ1) is 18.8. The highest BCUT2D eigenvalue weighted by Crippen LogP contribution is 2.31. The molecule has 0 aliphatic rings. The van der Waals surface area contributed by atoms with E-state index in [0.29, 0.717) is 11.1 Å². The first-order valence-electron chi connectivity index (χ1n) is 8.16. The molecule has 2 heterocycles. The predicted molar refractivity (Wildman–Crippen MR) is 103 cm³/mol. The van der Waals surface area contributed by atoms with E-state index >= 15 is 0 Å². The van der Waals surface area contributed by atoms with Crippen LogP contribution < -0.4 is 5.56 Å². The van der Waals surface area contributed by atoms with Crippen LogP contribution in [0.5, 0.6) is 0 Å². The fourth-order valence-electron chi connectivity index (χ4n) is 2.90. The first-order valence-corrected chi connectivity index (χ1v) is 8.97. The second-order valence-corrected chi connectivity index (χ2v) is 7.85. The molecule has 0 unspecified atom stereocenters. The minimum atomic E-state index is -1.57. The van der Waals surface area contributed by atoms with Gasteiger partial charge >= 0.3 is 11.9 Å². The molecule has 2 N–H and O–H groups in total. The molecule has 0 fully saturated rings. The van der Waals surface area contributed by atoms with E-state index in [-0.39, 0.29) is 20.9 Å². The molecule has 8 heteroatoms. The molecule has 0 radical (unpaired) electrons. The lowest BCUT2D eigenvalue weighted by atomic mass is 10.0. The lowest BCUT2D eigenvalue weighted by Crippen LogP contribution is -2.44. The number of aromatic carboxylic acids is 1. The third-order valence-corrected chi connectivity index (χ3v) is 5.72. The van der Waals surface area contributed by atoms with Gasteiger partial charge in [0.15, 0.2) is 0 Å². The second kappa shape index (κ2) is 6.31. The number of rotatable bonds is 4. The van der Waals surface area contributed by atoms with Crippen LogP contribution in [0.2, 0.25) is 0 Å². The summed E-state index contributed by atoms with van der Waals surface area (Å²) in [5, 5.41) is 19.2. The monoisotopic (exact) mass is 386 g/mol. The van der Waals surface area contributed by atoms with Crippen molar-refractivity contribution in [2.45, 2.75) is 33.2 Å². The van der Waals surface area contributed by atoms with E-state index in [9.17, 15) is 24.6 Å². The van der Waals surface area contributed by atoms with Crippen molar-refractivity contribution in [2.24, 2.45) is 0 Å². The fourth-order valence-corrected chi connectivity index (χ4v) is 3.91. The first-order chi connectivity index (χ1) is 12.6. The average Bonchev–Trinajstić information content (AvgIpc) is 2.92. The molecule has 0 aliphatic heterocycles. The summed E-state index contributed by atoms with van der Waals surface area (Å²) in [6.07, 6.45) is 0. The molecule has 27 heavy (non-hydrogen) atoms. The maximum absolute atomic E-state index is 13.3. The van der Waals surface area contributed by atoms with Gasteiger partial charge in [-0.1, -0.05) is 29.8 Å². The van der Waals surface area contributed by atoms with Gasteiger partial charge in [0.2, 0.25) is 0 Å². The van der Waals surface area contributed by atoms with E-state index in [1.54, 1.807) is 12.1 Å². The van der Waals surface area contributed by atoms with Crippen LogP contribution in [0.15, 0.2) is 29.1 Å². The molecule has 1 aromatic carbocycles. The van der Waals surface area contributed by atoms with Crippen LogP contribution in [0.25, 0.3) is 21.6 Å². The third-order valence-electron chi connectivity index (χ3n) is 4.55. The van der Waals surface area contributed by atoms with Gasteiger partial charge in [-0.3, -0.25) is 9.36 Å². The van der Waals surface area contributed by atoms with Gasteiger partial charge in [-0.05, 0) is 33.3 Å². The molecular formula is C19H18N2O5S. The van der Waals surface area contributed by atoms with Crippen LogP contribution >= 0.6 is 11.3 Å². The van der Waals surface area contributed by atoms with Gasteiger partial charge in [-0.25, -0.2) is 14.6 Å². The summed E-state index contributed by atoms with van der Waals surface area (Å²) in [6, 6.07) is 7.20. The number of hydrogen-bond donors (Lipinski definition) is 2. The average molecular weight is 386 g/mol. The number of carboxylic acids is 2. The zero-order valence-corrected chi connectivity index (χ0v) is 16.0. The molecule has 2 aromatic heterocycles. The van der Waals surface area contributed by atoms with Crippen molar-refractivity contribution in [2.75, 3.05) is 0 Å². The summed E-state index contributed by atoms with van der Waals surface area (Å²) in [5.74, 6) is -2.14. The van der Waals surface area contributed by atoms with Crippen molar-refractivity contribution in [3.8, 4) is 11.4 Å². The van der Waals surface area contributed by atoms with Crippen molar-refractivity contribution in [3.63, 3.8) is 0 Å². The van der Waals surface area contributed by atoms with Crippen LogP contribution in [0.3, 0.4) is 0 Å². The third kappa shape index (κ3) is 2.91. The molecule has 0 bridgehead atoms. The predicted octanol–water partition coefficient (Wildman–Crippen LogP) is 3.26. The van der Waals surface area contributed by atoms with Crippen LogP contribution in [-0.2, 0) is 10.3 Å². The largest absolute Gasteiger partial charge is 0.480 e. The SMILES string of the molecule is Cc1ccc(-c2nc3sc(C(=O)O)c(C)c3c(=O)n2C(C)(C)C(=O)O)cc1. The summed E-state index contributed by atoms with van der Waals surface area (Å²) in [4.78, 5) is 41.4. The second-order valence-electron chi connectivity index (χ2n) is 6.85. The summed E-state index contributed by atoms with van der Waals surface area (Å²) >= 11 is 0.914. The number of carbonyl (C=O) groups is 2. The van der Waals surface area contributed by atoms with E-state index < -0.39 is 23.0 Å². The van der Waals surface area contributed by atoms with Crippen LogP contribution in [0.4, 0.5) is 0 Å². The molecule has 0 saturated carbocycles. The van der Waals surface area contributed by atoms with Crippen molar-refractivity contribution in [3.05, 3.63) is 50.6 Å². The Balaban J connectivity index is 2.49. The standard InChI is InChI=1S/C19H18N2O5S/c1-9-5-7-11(8-6-9)14-20-15-12(10(2)13(27-15)17(23)24)16(22)21(14)19(3,4)18(25)26/h5-8H,1-4H3,(H,23,24)(H,25,26). The van der Waals surface area contributed by atoms with Gasteiger partial charge in [0.25, 0.3) is 5.56 Å². The Bertz CT molecular complexity index is 1140. The molecule has 3 rings (SSSR count). The lowest BCUT2D eigenvalue weighted by Gasteiger charge is -2.25. The highest BCUT2D eigenvalue weighted by Gasteiger charge is 2.35. The van der Waals surface area contributed by atoms with Gasteiger partial charge < -0.3 is 10.2 Å². The van der Waals surface area contributed by atoms with Crippen LogP contribution in [0, 0.1) is 13.8 Å². The Morgan fingerprint density at radius 2 is 1.70 bits per heavy atom. The topological polar surface area (TPSA) is 109 Å². The summed E-state index contributed by atoms with van der Waals surface area (Å²) in [6.45, 7) is 6.29. The molecule has 0 aliphatic carbocycles.